The molecule has 1 heterocycles. The lowest BCUT2D eigenvalue weighted by Gasteiger charge is -2.26. The van der Waals surface area contributed by atoms with Gasteiger partial charge in [-0.25, -0.2) is 0 Å². The number of fused-ring (bicyclic) bond motifs is 1. The van der Waals surface area contributed by atoms with E-state index in [1.807, 2.05) is 36.4 Å². The molecule has 2 unspecified atom stereocenters. The molecule has 1 aliphatic rings. The maximum atomic E-state index is 12.0. The zero-order valence-electron chi connectivity index (χ0n) is 17.6. The number of ether oxygens (including phenoxy) is 1. The number of para-hydroxylation sites is 1. The van der Waals surface area contributed by atoms with Gasteiger partial charge in [0.1, 0.15) is 0 Å². The van der Waals surface area contributed by atoms with E-state index in [9.17, 15) is 4.79 Å². The van der Waals surface area contributed by atoms with Crippen molar-refractivity contribution in [2.24, 2.45) is 10.9 Å². The second-order valence-electron chi connectivity index (χ2n) is 7.48. The van der Waals surface area contributed by atoms with Crippen molar-refractivity contribution >= 4 is 41.5 Å². The van der Waals surface area contributed by atoms with Gasteiger partial charge in [0.25, 0.3) is 0 Å². The number of benzene rings is 2. The number of nitrogens with one attached hydrogen (secondary N) is 3. The topological polar surface area (TPSA) is 74.8 Å². The molecule has 1 amide bonds. The molecule has 0 spiro atoms. The number of carbonyl (C=O) groups excluding carboxylic acids is 1. The minimum Gasteiger partial charge on any atom is -0.376 e. The van der Waals surface area contributed by atoms with Crippen LogP contribution in [0, 0.1) is 5.92 Å². The van der Waals surface area contributed by atoms with Crippen molar-refractivity contribution < 1.29 is 9.53 Å². The van der Waals surface area contributed by atoms with Crippen LogP contribution in [-0.4, -0.2) is 38.6 Å². The van der Waals surface area contributed by atoms with Crippen molar-refractivity contribution in [2.45, 2.75) is 25.9 Å². The van der Waals surface area contributed by atoms with Crippen LogP contribution in [0.1, 0.15) is 30.4 Å². The Labute approximate surface area is 195 Å². The Kier molecular flexibility index (Phi) is 10.1. The molecule has 0 aliphatic carbocycles. The third-order valence-electron chi connectivity index (χ3n) is 4.98. The predicted molar refractivity (Wildman–Crippen MR) is 132 cm³/mol. The molecular formula is C23H31IN4O2. The Balaban J connectivity index is 0.00000320. The second-order valence-corrected chi connectivity index (χ2v) is 7.48. The number of rotatable bonds is 8. The first-order valence-corrected chi connectivity index (χ1v) is 10.1. The van der Waals surface area contributed by atoms with Crippen LogP contribution >= 0.6 is 24.0 Å². The number of aliphatic imine (C=N–C) groups is 1. The summed E-state index contributed by atoms with van der Waals surface area (Å²) in [6.45, 7) is 4.86. The summed E-state index contributed by atoms with van der Waals surface area (Å²) in [6, 6.07) is 18.2. The van der Waals surface area contributed by atoms with Crippen molar-refractivity contribution in [1.29, 1.82) is 0 Å². The highest BCUT2D eigenvalue weighted by Gasteiger charge is 2.24. The minimum absolute atomic E-state index is 0. The number of guanidine groups is 1. The first-order chi connectivity index (χ1) is 14.2. The number of carbonyl (C=O) groups is 1. The molecule has 0 radical (unpaired) electrons. The number of anilines is 1. The standard InChI is InChI=1S/C23H30N4O2.HI/c1-17(15-29-16-18-8-4-3-5-9-18)13-25-23(24-2)26-14-19-12-22(28)27-21-11-7-6-10-20(19)21;/h3-11,17,19H,12-16H2,1-2H3,(H,27,28)(H2,24,25,26);1H. The quantitative estimate of drug-likeness (QED) is 0.281. The molecule has 6 nitrogen and oxygen atoms in total. The Hall–Kier alpha value is -2.13. The number of hydrogen-bond donors (Lipinski definition) is 3. The summed E-state index contributed by atoms with van der Waals surface area (Å²) in [4.78, 5) is 16.3. The second kappa shape index (κ2) is 12.5. The number of hydrogen-bond acceptors (Lipinski definition) is 3. The van der Waals surface area contributed by atoms with E-state index >= 15 is 0 Å². The molecule has 30 heavy (non-hydrogen) atoms. The normalized spacial score (nSPS) is 16.7. The lowest BCUT2D eigenvalue weighted by atomic mass is 9.90. The van der Waals surface area contributed by atoms with Crippen LogP contribution in [-0.2, 0) is 16.1 Å². The van der Waals surface area contributed by atoms with E-state index in [1.165, 1.54) is 5.56 Å². The van der Waals surface area contributed by atoms with Crippen molar-refractivity contribution in [3.05, 3.63) is 65.7 Å². The minimum atomic E-state index is 0. The summed E-state index contributed by atoms with van der Waals surface area (Å²) < 4.78 is 5.81. The highest BCUT2D eigenvalue weighted by atomic mass is 127. The molecule has 0 fully saturated rings. The largest absolute Gasteiger partial charge is 0.376 e. The summed E-state index contributed by atoms with van der Waals surface area (Å²) in [7, 11) is 1.76. The van der Waals surface area contributed by atoms with Gasteiger partial charge >= 0.3 is 0 Å². The lowest BCUT2D eigenvalue weighted by molar-refractivity contribution is -0.116. The van der Waals surface area contributed by atoms with Gasteiger partial charge in [-0.2, -0.15) is 0 Å². The van der Waals surface area contributed by atoms with Gasteiger partial charge in [-0.05, 0) is 23.1 Å². The summed E-state index contributed by atoms with van der Waals surface area (Å²) >= 11 is 0. The Bertz CT molecular complexity index is 829. The molecule has 0 saturated carbocycles. The van der Waals surface area contributed by atoms with Crippen molar-refractivity contribution in [1.82, 2.24) is 10.6 Å². The molecule has 1 aliphatic heterocycles. The van der Waals surface area contributed by atoms with E-state index in [2.05, 4.69) is 46.1 Å². The fourth-order valence-corrected chi connectivity index (χ4v) is 3.41. The monoisotopic (exact) mass is 522 g/mol. The van der Waals surface area contributed by atoms with Crippen LogP contribution in [0.3, 0.4) is 0 Å². The van der Waals surface area contributed by atoms with E-state index in [-0.39, 0.29) is 35.8 Å². The van der Waals surface area contributed by atoms with Gasteiger partial charge in [0.15, 0.2) is 5.96 Å². The number of amides is 1. The van der Waals surface area contributed by atoms with Gasteiger partial charge in [0.2, 0.25) is 5.91 Å². The maximum absolute atomic E-state index is 12.0. The fourth-order valence-electron chi connectivity index (χ4n) is 3.41. The zero-order chi connectivity index (χ0) is 20.5. The SMILES string of the molecule is CN=C(NCC(C)COCc1ccccc1)NCC1CC(=O)Nc2ccccc21.I. The molecule has 3 rings (SSSR count). The summed E-state index contributed by atoms with van der Waals surface area (Å²) in [5.74, 6) is 1.27. The van der Waals surface area contributed by atoms with Crippen molar-refractivity contribution in [2.75, 3.05) is 32.1 Å². The molecule has 0 aromatic heterocycles. The van der Waals surface area contributed by atoms with Gasteiger partial charge in [0.05, 0.1) is 13.2 Å². The van der Waals surface area contributed by atoms with E-state index in [4.69, 9.17) is 4.74 Å². The first-order valence-electron chi connectivity index (χ1n) is 10.1. The fraction of sp³-hybridized carbons (Fsp3) is 0.391. The van der Waals surface area contributed by atoms with Crippen LogP contribution < -0.4 is 16.0 Å². The summed E-state index contributed by atoms with van der Waals surface area (Å²) in [5, 5.41) is 9.64. The molecular weight excluding hydrogens is 491 g/mol. The first kappa shape index (κ1) is 24.1. The molecule has 2 aromatic rings. The number of nitrogens with zero attached hydrogens (tertiary/aromatic N) is 1. The molecule has 2 aromatic carbocycles. The molecule has 162 valence electrons. The highest BCUT2D eigenvalue weighted by Crippen LogP contribution is 2.31. The molecule has 7 heteroatoms. The highest BCUT2D eigenvalue weighted by molar-refractivity contribution is 14.0. The molecule has 0 saturated heterocycles. The Morgan fingerprint density at radius 1 is 1.17 bits per heavy atom. The third kappa shape index (κ3) is 7.28. The average molecular weight is 522 g/mol. The van der Waals surface area contributed by atoms with E-state index < -0.39 is 0 Å². The third-order valence-corrected chi connectivity index (χ3v) is 4.98. The van der Waals surface area contributed by atoms with Crippen LogP contribution in [0.25, 0.3) is 0 Å². The Morgan fingerprint density at radius 3 is 2.67 bits per heavy atom. The molecule has 2 atom stereocenters. The van der Waals surface area contributed by atoms with Crippen molar-refractivity contribution in [3.63, 3.8) is 0 Å². The van der Waals surface area contributed by atoms with Gasteiger partial charge in [0, 0.05) is 38.2 Å². The average Bonchev–Trinajstić information content (AvgIpc) is 2.74. The lowest BCUT2D eigenvalue weighted by Crippen LogP contribution is -2.42. The smallest absolute Gasteiger partial charge is 0.225 e. The van der Waals surface area contributed by atoms with Gasteiger partial charge < -0.3 is 20.7 Å². The van der Waals surface area contributed by atoms with Crippen LogP contribution in [0.5, 0.6) is 0 Å². The zero-order valence-corrected chi connectivity index (χ0v) is 19.9. The van der Waals surface area contributed by atoms with E-state index in [0.29, 0.717) is 32.1 Å². The van der Waals surface area contributed by atoms with Crippen LogP contribution in [0.4, 0.5) is 5.69 Å². The van der Waals surface area contributed by atoms with E-state index in [1.54, 1.807) is 7.05 Å². The molecule has 0 bridgehead atoms. The maximum Gasteiger partial charge on any atom is 0.225 e. The molecule has 3 N–H and O–H groups in total. The van der Waals surface area contributed by atoms with Crippen LogP contribution in [0.2, 0.25) is 0 Å². The summed E-state index contributed by atoms with van der Waals surface area (Å²) in [6.07, 6.45) is 0.477. The van der Waals surface area contributed by atoms with Gasteiger partial charge in [-0.1, -0.05) is 55.5 Å². The van der Waals surface area contributed by atoms with Crippen molar-refractivity contribution in [3.8, 4) is 0 Å². The summed E-state index contributed by atoms with van der Waals surface area (Å²) in [5.41, 5.74) is 3.25. The number of halogens is 1. The van der Waals surface area contributed by atoms with Crippen LogP contribution in [0.15, 0.2) is 59.6 Å². The Morgan fingerprint density at radius 2 is 1.90 bits per heavy atom. The van der Waals surface area contributed by atoms with E-state index in [0.717, 1.165) is 23.8 Å². The van der Waals surface area contributed by atoms with Gasteiger partial charge in [-0.3, -0.25) is 9.79 Å². The predicted octanol–water partition coefficient (Wildman–Crippen LogP) is 3.75. The van der Waals surface area contributed by atoms with Gasteiger partial charge in [-0.15, -0.1) is 24.0 Å².